The van der Waals surface area contributed by atoms with Gasteiger partial charge in [-0.25, -0.2) is 10.2 Å². The van der Waals surface area contributed by atoms with Crippen molar-refractivity contribution in [1.82, 2.24) is 5.43 Å². The first-order valence-corrected chi connectivity index (χ1v) is 9.84. The Balaban J connectivity index is 1.66. The lowest BCUT2D eigenvalue weighted by atomic mass is 10.2. The monoisotopic (exact) mass is 490 g/mol. The first-order valence-electron chi connectivity index (χ1n) is 8.29. The van der Waals surface area contributed by atoms with Crippen LogP contribution in [0.4, 0.5) is 0 Å². The molecular formula is C21H13BrCl2N2O3. The van der Waals surface area contributed by atoms with Crippen molar-refractivity contribution in [3.8, 4) is 5.75 Å². The molecule has 0 spiro atoms. The zero-order chi connectivity index (χ0) is 20.8. The van der Waals surface area contributed by atoms with Crippen LogP contribution in [0.25, 0.3) is 0 Å². The molecule has 0 aliphatic heterocycles. The van der Waals surface area contributed by atoms with Crippen molar-refractivity contribution in [2.24, 2.45) is 5.10 Å². The summed E-state index contributed by atoms with van der Waals surface area (Å²) in [5.74, 6) is -0.654. The lowest BCUT2D eigenvalue weighted by molar-refractivity contribution is 0.0734. The highest BCUT2D eigenvalue weighted by atomic mass is 79.9. The molecule has 8 heteroatoms. The summed E-state index contributed by atoms with van der Waals surface area (Å²) in [6, 6.07) is 18.2. The van der Waals surface area contributed by atoms with Crippen LogP contribution in [-0.4, -0.2) is 18.1 Å². The molecule has 0 radical (unpaired) electrons. The van der Waals surface area contributed by atoms with Gasteiger partial charge in [0.2, 0.25) is 0 Å². The number of nitrogens with zero attached hydrogens (tertiary/aromatic N) is 1. The largest absolute Gasteiger partial charge is 0.423 e. The Labute approximate surface area is 185 Å². The van der Waals surface area contributed by atoms with Gasteiger partial charge in [0.25, 0.3) is 5.91 Å². The number of ether oxygens (including phenoxy) is 1. The maximum absolute atomic E-state index is 12.3. The van der Waals surface area contributed by atoms with Crippen LogP contribution < -0.4 is 10.2 Å². The summed E-state index contributed by atoms with van der Waals surface area (Å²) in [7, 11) is 0. The van der Waals surface area contributed by atoms with Crippen LogP contribution in [0.3, 0.4) is 0 Å². The maximum atomic E-state index is 12.3. The number of hydrogen-bond donors (Lipinski definition) is 1. The average molecular weight is 492 g/mol. The van der Waals surface area contributed by atoms with Crippen LogP contribution in [0.1, 0.15) is 26.3 Å². The molecule has 0 atom stereocenters. The number of nitrogens with one attached hydrogen (secondary N) is 1. The zero-order valence-corrected chi connectivity index (χ0v) is 17.8. The van der Waals surface area contributed by atoms with E-state index in [-0.39, 0.29) is 16.5 Å². The van der Waals surface area contributed by atoms with Gasteiger partial charge in [0.05, 0.1) is 22.4 Å². The Kier molecular flexibility index (Phi) is 7.04. The average Bonchev–Trinajstić information content (AvgIpc) is 2.68. The Morgan fingerprint density at radius 3 is 2.52 bits per heavy atom. The van der Waals surface area contributed by atoms with E-state index < -0.39 is 5.97 Å². The van der Waals surface area contributed by atoms with Crippen LogP contribution in [0.15, 0.2) is 76.3 Å². The molecule has 0 heterocycles. The normalized spacial score (nSPS) is 10.7. The number of carbonyl (C=O) groups is 2. The molecule has 5 nitrogen and oxygen atoms in total. The molecular weight excluding hydrogens is 479 g/mol. The van der Waals surface area contributed by atoms with Crippen LogP contribution in [0.5, 0.6) is 5.75 Å². The molecule has 1 N–H and O–H groups in total. The number of amides is 1. The molecule has 1 amide bonds. The molecule has 0 unspecified atom stereocenters. The summed E-state index contributed by atoms with van der Waals surface area (Å²) in [6.07, 6.45) is 1.45. The number of carbonyl (C=O) groups excluding carboxylic acids is 2. The minimum absolute atomic E-state index is 0.204. The molecule has 0 fully saturated rings. The van der Waals surface area contributed by atoms with E-state index in [1.807, 2.05) is 6.07 Å². The first-order chi connectivity index (χ1) is 13.9. The van der Waals surface area contributed by atoms with Crippen LogP contribution >= 0.6 is 39.1 Å². The van der Waals surface area contributed by atoms with E-state index in [2.05, 4.69) is 26.5 Å². The van der Waals surface area contributed by atoms with Gasteiger partial charge in [-0.3, -0.25) is 4.79 Å². The third-order valence-electron chi connectivity index (χ3n) is 3.72. The van der Waals surface area contributed by atoms with E-state index in [0.717, 1.165) is 0 Å². The van der Waals surface area contributed by atoms with Crippen molar-refractivity contribution in [3.63, 3.8) is 0 Å². The number of esters is 1. The van der Waals surface area contributed by atoms with E-state index in [4.69, 9.17) is 27.9 Å². The van der Waals surface area contributed by atoms with E-state index >= 15 is 0 Å². The van der Waals surface area contributed by atoms with Crippen molar-refractivity contribution >= 4 is 57.2 Å². The summed E-state index contributed by atoms with van der Waals surface area (Å²) < 4.78 is 6.02. The lowest BCUT2D eigenvalue weighted by Crippen LogP contribution is -2.18. The van der Waals surface area contributed by atoms with E-state index in [1.54, 1.807) is 48.5 Å². The Morgan fingerprint density at radius 1 is 0.966 bits per heavy atom. The molecule has 29 heavy (non-hydrogen) atoms. The highest BCUT2D eigenvalue weighted by Crippen LogP contribution is 2.23. The fourth-order valence-corrected chi connectivity index (χ4v) is 3.30. The van der Waals surface area contributed by atoms with Crippen LogP contribution in [0, 0.1) is 0 Å². The van der Waals surface area contributed by atoms with E-state index in [9.17, 15) is 9.59 Å². The third kappa shape index (κ3) is 5.67. The molecule has 0 bridgehead atoms. The standard InChI is InChI=1S/C21H13BrCl2N2O3/c22-18-7-2-1-6-16(18)20(27)26-25-12-13-4-3-5-15(10-13)29-21(28)17-9-8-14(23)11-19(17)24/h1-12H,(H,26,27)/b25-12+. The highest BCUT2D eigenvalue weighted by molar-refractivity contribution is 9.10. The molecule has 0 aromatic heterocycles. The van der Waals surface area contributed by atoms with Crippen molar-refractivity contribution < 1.29 is 14.3 Å². The summed E-state index contributed by atoms with van der Waals surface area (Å²) >= 11 is 15.2. The molecule has 3 aromatic carbocycles. The van der Waals surface area contributed by atoms with Gasteiger partial charge in [-0.05, 0) is 64.0 Å². The molecule has 3 rings (SSSR count). The molecule has 0 saturated heterocycles. The topological polar surface area (TPSA) is 67.8 Å². The van der Waals surface area contributed by atoms with Crippen LogP contribution in [0.2, 0.25) is 10.0 Å². The number of benzene rings is 3. The first kappa shape index (κ1) is 21.0. The molecule has 0 saturated carbocycles. The molecule has 0 aliphatic rings. The van der Waals surface area contributed by atoms with Gasteiger partial charge in [-0.15, -0.1) is 0 Å². The van der Waals surface area contributed by atoms with Gasteiger partial charge in [-0.1, -0.05) is 47.5 Å². The molecule has 146 valence electrons. The second-order valence-corrected chi connectivity index (χ2v) is 7.46. The second kappa shape index (κ2) is 9.69. The quantitative estimate of drug-likeness (QED) is 0.214. The van der Waals surface area contributed by atoms with E-state index in [0.29, 0.717) is 26.4 Å². The summed E-state index contributed by atoms with van der Waals surface area (Å²) in [5, 5.41) is 4.57. The van der Waals surface area contributed by atoms with Gasteiger partial charge in [-0.2, -0.15) is 5.10 Å². The van der Waals surface area contributed by atoms with Crippen molar-refractivity contribution in [3.05, 3.63) is 97.9 Å². The van der Waals surface area contributed by atoms with Crippen LogP contribution in [-0.2, 0) is 0 Å². The summed E-state index contributed by atoms with van der Waals surface area (Å²) in [6.45, 7) is 0. The Bertz CT molecular complexity index is 1100. The Hall–Kier alpha value is -2.67. The number of hydrogen-bond acceptors (Lipinski definition) is 4. The minimum Gasteiger partial charge on any atom is -0.423 e. The predicted molar refractivity (Wildman–Crippen MR) is 117 cm³/mol. The van der Waals surface area contributed by atoms with Crippen molar-refractivity contribution in [2.45, 2.75) is 0 Å². The molecule has 3 aromatic rings. The summed E-state index contributed by atoms with van der Waals surface area (Å²) in [5.41, 5.74) is 3.75. The van der Waals surface area contributed by atoms with Gasteiger partial charge in [0.1, 0.15) is 5.75 Å². The van der Waals surface area contributed by atoms with Gasteiger partial charge < -0.3 is 4.74 Å². The second-order valence-electron chi connectivity index (χ2n) is 5.77. The van der Waals surface area contributed by atoms with Crippen molar-refractivity contribution in [1.29, 1.82) is 0 Å². The number of hydrazone groups is 1. The van der Waals surface area contributed by atoms with Gasteiger partial charge >= 0.3 is 5.97 Å². The maximum Gasteiger partial charge on any atom is 0.345 e. The summed E-state index contributed by atoms with van der Waals surface area (Å²) in [4.78, 5) is 24.4. The fraction of sp³-hybridized carbons (Fsp3) is 0. The third-order valence-corrected chi connectivity index (χ3v) is 4.96. The molecule has 0 aliphatic carbocycles. The van der Waals surface area contributed by atoms with Gasteiger partial charge in [0, 0.05) is 9.50 Å². The smallest absolute Gasteiger partial charge is 0.345 e. The lowest BCUT2D eigenvalue weighted by Gasteiger charge is -2.07. The Morgan fingerprint density at radius 2 is 1.76 bits per heavy atom. The van der Waals surface area contributed by atoms with Gasteiger partial charge in [0.15, 0.2) is 0 Å². The van der Waals surface area contributed by atoms with E-state index in [1.165, 1.54) is 18.3 Å². The predicted octanol–water partition coefficient (Wildman–Crippen LogP) is 5.74. The highest BCUT2D eigenvalue weighted by Gasteiger charge is 2.13. The van der Waals surface area contributed by atoms with Crippen molar-refractivity contribution in [2.75, 3.05) is 0 Å². The SMILES string of the molecule is O=C(Oc1cccc(/C=N/NC(=O)c2ccccc2Br)c1)c1ccc(Cl)cc1Cl. The number of halogens is 3. The number of rotatable bonds is 5. The fourth-order valence-electron chi connectivity index (χ4n) is 2.35. The minimum atomic E-state index is -0.608. The zero-order valence-electron chi connectivity index (χ0n) is 14.7.